The summed E-state index contributed by atoms with van der Waals surface area (Å²) in [6.45, 7) is 7.49. The number of nitrogens with zero attached hydrogens (tertiary/aromatic N) is 3. The Bertz CT molecular complexity index is 3660. The smallest absolute Gasteiger partial charge is 0.409 e. The van der Waals surface area contributed by atoms with Crippen molar-refractivity contribution < 1.29 is 67.5 Å². The molecule has 13 rings (SSSR count). The van der Waals surface area contributed by atoms with Crippen LogP contribution in [0.25, 0.3) is 5.70 Å². The second-order valence-corrected chi connectivity index (χ2v) is 30.2. The lowest BCUT2D eigenvalue weighted by Gasteiger charge is -2.69. The van der Waals surface area contributed by atoms with Crippen molar-refractivity contribution in [1.29, 1.82) is 0 Å². The third kappa shape index (κ3) is 13.9. The second-order valence-electron chi connectivity index (χ2n) is 30.2. The van der Waals surface area contributed by atoms with Crippen LogP contribution in [-0.4, -0.2) is 143 Å². The third-order valence-corrected chi connectivity index (χ3v) is 23.4. The molecule has 2 aliphatic heterocycles. The van der Waals surface area contributed by atoms with Crippen LogP contribution in [0.5, 0.6) is 0 Å². The SMILES string of the molecule is CC(C)C1CCCC2=C(c3ccc(CC(=O)NCC(=O)N[C@@H](CCC(=O)O)C(=O)Nc4ccc(COC(=O)N(C)CCN(C)C(=O)O[C@H]5C[C@@]6(C)[C@@H](C[C@H]7O[C@@H](c8ccc(CC9%10CC(N)(C9)C%10)cc8)O[C@]76C(=O)CO)[C@@H]6CCC7=CC(=O)C=C[C@]7(C)[C@H]65)cc4)cc3)NN=CC2CC1. The fraction of sp³-hybridized carbons (Fsp3) is 0.560. The van der Waals surface area contributed by atoms with Crippen molar-refractivity contribution in [2.75, 3.05) is 45.7 Å². The van der Waals surface area contributed by atoms with Crippen LogP contribution in [0, 0.1) is 51.8 Å². The summed E-state index contributed by atoms with van der Waals surface area (Å²) in [7, 11) is 3.12. The van der Waals surface area contributed by atoms with Gasteiger partial charge in [0.2, 0.25) is 17.7 Å². The molecule has 8 fully saturated rings. The highest BCUT2D eigenvalue weighted by atomic mass is 16.7. The fourth-order valence-corrected chi connectivity index (χ4v) is 18.4. The molecule has 2 bridgehead atoms. The van der Waals surface area contributed by atoms with Gasteiger partial charge >= 0.3 is 18.2 Å². The molecular weight excluding hydrogens is 1240 g/mol. The van der Waals surface area contributed by atoms with Crippen molar-refractivity contribution in [3.05, 3.63) is 130 Å². The molecule has 0 spiro atoms. The number of amides is 5. The number of rotatable bonds is 23. The van der Waals surface area contributed by atoms with Gasteiger partial charge in [0.05, 0.1) is 24.8 Å². The number of aliphatic carboxylic acids is 1. The molecule has 2 heterocycles. The number of carbonyl (C=O) groups excluding carboxylic acids is 7. The maximum absolute atomic E-state index is 14.5. The number of likely N-dealkylation sites (N-methyl/N-ethyl adjacent to an activating group) is 2. The molecule has 2 unspecified atom stereocenters. The number of nitrogens with one attached hydrogen (secondary N) is 4. The largest absolute Gasteiger partial charge is 0.481 e. The number of ketones is 2. The number of hydrogen-bond donors (Lipinski definition) is 7. The summed E-state index contributed by atoms with van der Waals surface area (Å²) in [5.74, 6) is -2.34. The molecule has 8 N–H and O–H groups in total. The standard InChI is InChI=1S/C75H94N8O14/c1-44(2)48-8-7-9-55-51(21-20-48)37-78-81-66(55)49-16-10-45(11-17-49)32-62(87)77-38-63(88)80-58(26-27-64(89)90)67(91)79-53-23-14-47(15-24-53)40-94-69(92)82(5)30-31-83(6)70(93)95-59-36-72(4)57(56-25-22-52-33-54(85)28-29-71(52,3)65(56)59)34-61-75(72,60(86)39-84)97-68(96-61)50-18-12-46(13-19-50)35-73-41-74(76,42-73)43-73/h10-19,23-24,28-29,33,37,44,48,51,56-59,61,65,68,81,84H,7-9,20-22,25-27,30-32,34-36,38-43,76H2,1-6H3,(H,77,87)(H,79,91)(H,80,88)(H,89,90)/t48?,51?,56-,57-,58-,59-,61+,65+,68+,71-,72-,73?,74?,75+/m0/s1. The van der Waals surface area contributed by atoms with Crippen molar-refractivity contribution in [3.8, 4) is 0 Å². The van der Waals surface area contributed by atoms with E-state index >= 15 is 0 Å². The number of carbonyl (C=O) groups is 8. The van der Waals surface area contributed by atoms with Gasteiger partial charge in [-0.25, -0.2) is 9.59 Å². The molecule has 0 radical (unpaired) electrons. The Kier molecular flexibility index (Phi) is 19.7. The van der Waals surface area contributed by atoms with Gasteiger partial charge in [0.25, 0.3) is 0 Å². The van der Waals surface area contributed by atoms with Gasteiger partial charge in [-0.1, -0.05) is 100 Å². The van der Waals surface area contributed by atoms with Crippen molar-refractivity contribution in [2.24, 2.45) is 62.6 Å². The number of anilines is 1. The molecule has 3 aromatic rings. The Morgan fingerprint density at radius 1 is 0.856 bits per heavy atom. The zero-order valence-electron chi connectivity index (χ0n) is 56.6. The van der Waals surface area contributed by atoms with Gasteiger partial charge in [0.15, 0.2) is 23.5 Å². The van der Waals surface area contributed by atoms with Gasteiger partial charge in [0.1, 0.15) is 25.4 Å². The second kappa shape index (κ2) is 27.7. The quantitative estimate of drug-likeness (QED) is 0.0466. The molecule has 97 heavy (non-hydrogen) atoms. The Labute approximate surface area is 566 Å². The zero-order valence-corrected chi connectivity index (χ0v) is 56.6. The molecule has 8 aliphatic carbocycles. The van der Waals surface area contributed by atoms with E-state index in [0.717, 1.165) is 78.8 Å². The van der Waals surface area contributed by atoms with Gasteiger partial charge in [-0.05, 0) is 171 Å². The maximum atomic E-state index is 14.5. The van der Waals surface area contributed by atoms with E-state index in [1.165, 1.54) is 40.8 Å². The number of carboxylic acids is 1. The van der Waals surface area contributed by atoms with E-state index in [1.54, 1.807) is 43.5 Å². The molecule has 1 saturated heterocycles. The number of nitrogens with two attached hydrogens (primary N) is 1. The molecule has 518 valence electrons. The Balaban J connectivity index is 0.616. The van der Waals surface area contributed by atoms with Gasteiger partial charge in [-0.3, -0.25) is 34.2 Å². The van der Waals surface area contributed by atoms with E-state index in [-0.39, 0.29) is 73.4 Å². The average molecular weight is 1330 g/mol. The average Bonchev–Trinajstić information content (AvgIpc) is 1.51. The summed E-state index contributed by atoms with van der Waals surface area (Å²) < 4.78 is 26.0. The number of fused-ring (bicyclic) bond motifs is 8. The van der Waals surface area contributed by atoms with Crippen LogP contribution in [0.15, 0.2) is 107 Å². The predicted molar refractivity (Wildman–Crippen MR) is 360 cm³/mol. The first-order valence-corrected chi connectivity index (χ1v) is 34.7. The van der Waals surface area contributed by atoms with Crippen LogP contribution in [0.4, 0.5) is 15.3 Å². The lowest BCUT2D eigenvalue weighted by atomic mass is 9.38. The highest BCUT2D eigenvalue weighted by Gasteiger charge is 2.76. The van der Waals surface area contributed by atoms with Crippen LogP contribution in [0.3, 0.4) is 0 Å². The van der Waals surface area contributed by atoms with E-state index in [0.29, 0.717) is 42.3 Å². The molecular formula is C75H94N8O14. The van der Waals surface area contributed by atoms with E-state index in [1.807, 2.05) is 55.6 Å². The Hall–Kier alpha value is -8.05. The lowest BCUT2D eigenvalue weighted by molar-refractivity contribution is -0.201. The minimum absolute atomic E-state index is 0.00671. The molecule has 10 aliphatic rings. The number of benzene rings is 3. The Morgan fingerprint density at radius 3 is 2.25 bits per heavy atom. The minimum atomic E-state index is -1.55. The monoisotopic (exact) mass is 1330 g/mol. The number of ether oxygens (including phenoxy) is 4. The highest BCUT2D eigenvalue weighted by molar-refractivity contribution is 6.01. The van der Waals surface area contributed by atoms with E-state index in [2.05, 4.69) is 59.4 Å². The first-order valence-electron chi connectivity index (χ1n) is 34.7. The van der Waals surface area contributed by atoms with Gasteiger partial charge in [-0.15, -0.1) is 0 Å². The summed E-state index contributed by atoms with van der Waals surface area (Å²) in [4.78, 5) is 109. The van der Waals surface area contributed by atoms with Crippen molar-refractivity contribution in [2.45, 2.75) is 173 Å². The van der Waals surface area contributed by atoms with Gasteiger partial charge in [-0.2, -0.15) is 5.10 Å². The molecule has 3 aromatic carbocycles. The summed E-state index contributed by atoms with van der Waals surface area (Å²) in [5.41, 5.74) is 14.7. The van der Waals surface area contributed by atoms with Crippen molar-refractivity contribution in [1.82, 2.24) is 25.9 Å². The topological polar surface area (TPSA) is 307 Å². The van der Waals surface area contributed by atoms with E-state index < -0.39 is 102 Å². The molecule has 5 amide bonds. The van der Waals surface area contributed by atoms with Crippen LogP contribution in [0.2, 0.25) is 0 Å². The lowest BCUT2D eigenvalue weighted by Crippen LogP contribution is -2.72. The number of hydrazone groups is 1. The first-order chi connectivity index (χ1) is 46.3. The number of Topliss-reactive ketones (excluding diaryl/α,β-unsaturated/α-hetero) is 1. The third-order valence-electron chi connectivity index (χ3n) is 23.4. The summed E-state index contributed by atoms with van der Waals surface area (Å²) in [6, 6.07) is 21.0. The number of aliphatic hydroxyl groups is 1. The first kappa shape index (κ1) is 68.9. The summed E-state index contributed by atoms with van der Waals surface area (Å²) in [5, 5.41) is 32.6. The van der Waals surface area contributed by atoms with Crippen LogP contribution < -0.4 is 27.1 Å². The molecule has 12 atom stereocenters. The van der Waals surface area contributed by atoms with Crippen LogP contribution >= 0.6 is 0 Å². The minimum Gasteiger partial charge on any atom is -0.481 e. The highest BCUT2D eigenvalue weighted by Crippen LogP contribution is 2.71. The van der Waals surface area contributed by atoms with Crippen molar-refractivity contribution in [3.63, 3.8) is 0 Å². The summed E-state index contributed by atoms with van der Waals surface area (Å²) in [6.07, 6.45) is 14.6. The molecule has 0 aromatic heterocycles. The number of carboxylic acid groups (broad SMARTS) is 1. The fourth-order valence-electron chi connectivity index (χ4n) is 18.4. The zero-order chi connectivity index (χ0) is 68.8. The van der Waals surface area contributed by atoms with Crippen molar-refractivity contribution >= 4 is 65.0 Å². The number of hydrogen-bond acceptors (Lipinski definition) is 16. The van der Waals surface area contributed by atoms with Crippen LogP contribution in [0.1, 0.15) is 152 Å². The Morgan fingerprint density at radius 2 is 1.56 bits per heavy atom. The number of allylic oxidation sites excluding steroid dienone is 5. The molecule has 22 nitrogen and oxygen atoms in total. The van der Waals surface area contributed by atoms with E-state index in [9.17, 15) is 48.6 Å². The number of aliphatic hydroxyl groups excluding tert-OH is 1. The maximum Gasteiger partial charge on any atom is 0.409 e. The predicted octanol–water partition coefficient (Wildman–Crippen LogP) is 8.86. The van der Waals surface area contributed by atoms with Gasteiger partial charge in [0, 0.05) is 79.3 Å². The molecule has 7 saturated carbocycles. The molecule has 22 heteroatoms. The normalized spacial score (nSPS) is 31.3. The van der Waals surface area contributed by atoms with E-state index in [4.69, 9.17) is 24.7 Å². The van der Waals surface area contributed by atoms with Gasteiger partial charge < -0.3 is 60.6 Å². The van der Waals surface area contributed by atoms with Crippen LogP contribution in [-0.2, 0) is 67.2 Å². The summed E-state index contributed by atoms with van der Waals surface area (Å²) >= 11 is 0.